The third-order valence-corrected chi connectivity index (χ3v) is 4.93. The molecule has 2 aliphatic rings. The quantitative estimate of drug-likeness (QED) is 0.826. The molecule has 0 radical (unpaired) electrons. The molecule has 0 bridgehead atoms. The van der Waals surface area contributed by atoms with Crippen molar-refractivity contribution in [3.05, 3.63) is 33.8 Å². The number of urea groups is 1. The maximum absolute atomic E-state index is 12.5. The summed E-state index contributed by atoms with van der Waals surface area (Å²) in [5.74, 6) is -0.102. The Morgan fingerprint density at radius 2 is 2.09 bits per heavy atom. The van der Waals surface area contributed by atoms with Crippen LogP contribution in [0, 0.1) is 5.92 Å². The highest BCUT2D eigenvalue weighted by molar-refractivity contribution is 6.35. The molecule has 3 rings (SSSR count). The van der Waals surface area contributed by atoms with Crippen molar-refractivity contribution in [1.29, 1.82) is 0 Å². The Balaban J connectivity index is 1.77. The molecular formula is C15H16Cl2N2O3. The Morgan fingerprint density at radius 3 is 2.68 bits per heavy atom. The highest BCUT2D eigenvalue weighted by atomic mass is 35.5. The topological polar surface area (TPSA) is 69.6 Å². The lowest BCUT2D eigenvalue weighted by Gasteiger charge is -2.22. The summed E-state index contributed by atoms with van der Waals surface area (Å²) in [5.41, 5.74) is -0.410. The van der Waals surface area contributed by atoms with Crippen LogP contribution in [-0.2, 0) is 4.79 Å². The van der Waals surface area contributed by atoms with Gasteiger partial charge in [0.05, 0.1) is 12.6 Å². The summed E-state index contributed by atoms with van der Waals surface area (Å²) < 4.78 is 0. The zero-order valence-electron chi connectivity index (χ0n) is 12.0. The summed E-state index contributed by atoms with van der Waals surface area (Å²) >= 11 is 11.9. The second-order valence-electron chi connectivity index (χ2n) is 6.00. The highest BCUT2D eigenvalue weighted by Gasteiger charge is 2.56. The molecule has 1 saturated heterocycles. The van der Waals surface area contributed by atoms with Gasteiger partial charge in [-0.1, -0.05) is 29.3 Å². The monoisotopic (exact) mass is 342 g/mol. The van der Waals surface area contributed by atoms with Gasteiger partial charge in [-0.3, -0.25) is 9.69 Å². The number of nitrogens with one attached hydrogen (secondary N) is 1. The van der Waals surface area contributed by atoms with Crippen molar-refractivity contribution in [3.63, 3.8) is 0 Å². The molecule has 1 aromatic rings. The molecule has 2 fully saturated rings. The summed E-state index contributed by atoms with van der Waals surface area (Å²) in [6.45, 7) is 1.61. The molecule has 1 aliphatic carbocycles. The minimum atomic E-state index is -1.05. The van der Waals surface area contributed by atoms with Crippen LogP contribution >= 0.6 is 23.2 Å². The second-order valence-corrected chi connectivity index (χ2v) is 6.85. The molecule has 3 amide bonds. The number of hydrogen-bond acceptors (Lipinski definition) is 3. The molecule has 7 heteroatoms. The van der Waals surface area contributed by atoms with Gasteiger partial charge in [0.2, 0.25) is 0 Å². The van der Waals surface area contributed by atoms with Crippen LogP contribution in [0.1, 0.15) is 31.4 Å². The lowest BCUT2D eigenvalue weighted by atomic mass is 9.96. The first kappa shape index (κ1) is 15.6. The normalized spacial score (nSPS) is 26.3. The third kappa shape index (κ3) is 2.57. The van der Waals surface area contributed by atoms with Crippen LogP contribution in [0.3, 0.4) is 0 Å². The molecular weight excluding hydrogens is 327 g/mol. The lowest BCUT2D eigenvalue weighted by molar-refractivity contribution is -0.132. The van der Waals surface area contributed by atoms with E-state index in [-0.39, 0.29) is 18.4 Å². The molecule has 1 heterocycles. The van der Waals surface area contributed by atoms with E-state index in [0.29, 0.717) is 15.6 Å². The predicted molar refractivity (Wildman–Crippen MR) is 82.8 cm³/mol. The average molecular weight is 343 g/mol. The Kier molecular flexibility index (Phi) is 3.83. The minimum Gasteiger partial charge on any atom is -0.386 e. The standard InChI is InChI=1S/C15H16Cl2N2O3/c1-15(8-2-3-8)13(21)19(14(22)18-15)7-12(20)10-5-4-9(16)6-11(10)17/h4-6,8,12,20H,2-3,7H2,1H3,(H,18,22). The number of halogens is 2. The van der Waals surface area contributed by atoms with Gasteiger partial charge < -0.3 is 10.4 Å². The van der Waals surface area contributed by atoms with Crippen LogP contribution in [0.2, 0.25) is 10.0 Å². The fourth-order valence-electron chi connectivity index (χ4n) is 2.86. The Labute approximate surface area is 138 Å². The number of benzene rings is 1. The van der Waals surface area contributed by atoms with E-state index in [2.05, 4.69) is 5.32 Å². The Hall–Kier alpha value is -1.30. The Morgan fingerprint density at radius 1 is 1.41 bits per heavy atom. The van der Waals surface area contributed by atoms with E-state index in [0.717, 1.165) is 17.7 Å². The van der Waals surface area contributed by atoms with Crippen LogP contribution < -0.4 is 5.32 Å². The van der Waals surface area contributed by atoms with Crippen LogP contribution in [0.4, 0.5) is 4.79 Å². The number of amides is 3. The third-order valence-electron chi connectivity index (χ3n) is 4.37. The maximum Gasteiger partial charge on any atom is 0.325 e. The van der Waals surface area contributed by atoms with Gasteiger partial charge in [0.1, 0.15) is 5.54 Å². The summed E-state index contributed by atoms with van der Waals surface area (Å²) in [5, 5.41) is 13.8. The minimum absolute atomic E-state index is 0.131. The smallest absolute Gasteiger partial charge is 0.325 e. The molecule has 0 spiro atoms. The first-order valence-corrected chi connectivity index (χ1v) is 7.85. The summed E-state index contributed by atoms with van der Waals surface area (Å²) in [7, 11) is 0. The lowest BCUT2D eigenvalue weighted by Crippen LogP contribution is -2.46. The van der Waals surface area contributed by atoms with Gasteiger partial charge in [0, 0.05) is 15.6 Å². The van der Waals surface area contributed by atoms with Crippen LogP contribution in [0.5, 0.6) is 0 Å². The summed E-state index contributed by atoms with van der Waals surface area (Å²) in [6, 6.07) is 4.24. The van der Waals surface area contributed by atoms with Crippen molar-refractivity contribution < 1.29 is 14.7 Å². The van der Waals surface area contributed by atoms with Crippen LogP contribution in [0.25, 0.3) is 0 Å². The molecule has 1 saturated carbocycles. The molecule has 22 heavy (non-hydrogen) atoms. The molecule has 5 nitrogen and oxygen atoms in total. The SMILES string of the molecule is CC1(C2CC2)NC(=O)N(CC(O)c2ccc(Cl)cc2Cl)C1=O. The Bertz CT molecular complexity index is 648. The summed E-state index contributed by atoms with van der Waals surface area (Å²) in [4.78, 5) is 25.6. The van der Waals surface area contributed by atoms with E-state index in [1.165, 1.54) is 6.07 Å². The van der Waals surface area contributed by atoms with Crippen molar-refractivity contribution in [3.8, 4) is 0 Å². The fourth-order valence-corrected chi connectivity index (χ4v) is 3.40. The highest BCUT2D eigenvalue weighted by Crippen LogP contribution is 2.43. The number of carbonyl (C=O) groups is 2. The van der Waals surface area contributed by atoms with E-state index in [4.69, 9.17) is 23.2 Å². The molecule has 1 aliphatic heterocycles. The largest absolute Gasteiger partial charge is 0.386 e. The molecule has 2 N–H and O–H groups in total. The van der Waals surface area contributed by atoms with Crippen LogP contribution in [0.15, 0.2) is 18.2 Å². The second kappa shape index (κ2) is 5.41. The van der Waals surface area contributed by atoms with Gasteiger partial charge >= 0.3 is 6.03 Å². The fraction of sp³-hybridized carbons (Fsp3) is 0.467. The number of aliphatic hydroxyl groups is 1. The van der Waals surface area contributed by atoms with Crippen molar-refractivity contribution in [2.24, 2.45) is 5.92 Å². The van der Waals surface area contributed by atoms with Gasteiger partial charge in [-0.05, 0) is 37.8 Å². The van der Waals surface area contributed by atoms with Gasteiger partial charge in [-0.15, -0.1) is 0 Å². The molecule has 0 aromatic heterocycles. The molecule has 1 aromatic carbocycles. The van der Waals surface area contributed by atoms with E-state index < -0.39 is 17.7 Å². The number of rotatable bonds is 4. The van der Waals surface area contributed by atoms with Crippen molar-refractivity contribution in [2.75, 3.05) is 6.54 Å². The van der Waals surface area contributed by atoms with Gasteiger partial charge in [0.25, 0.3) is 5.91 Å². The number of imide groups is 1. The average Bonchev–Trinajstić information content (AvgIpc) is 3.25. The van der Waals surface area contributed by atoms with Crippen molar-refractivity contribution in [2.45, 2.75) is 31.4 Å². The molecule has 2 atom stereocenters. The number of hydrogen-bond donors (Lipinski definition) is 2. The number of carbonyl (C=O) groups excluding carboxylic acids is 2. The van der Waals surface area contributed by atoms with E-state index in [1.54, 1.807) is 19.1 Å². The van der Waals surface area contributed by atoms with Crippen molar-refractivity contribution in [1.82, 2.24) is 10.2 Å². The van der Waals surface area contributed by atoms with E-state index in [1.807, 2.05) is 0 Å². The van der Waals surface area contributed by atoms with Crippen LogP contribution in [-0.4, -0.2) is 34.0 Å². The maximum atomic E-state index is 12.5. The molecule has 118 valence electrons. The van der Waals surface area contributed by atoms with Gasteiger partial charge in [-0.2, -0.15) is 0 Å². The van der Waals surface area contributed by atoms with E-state index >= 15 is 0 Å². The zero-order valence-corrected chi connectivity index (χ0v) is 13.5. The summed E-state index contributed by atoms with van der Waals surface area (Å²) in [6.07, 6.45) is 0.810. The first-order chi connectivity index (χ1) is 10.3. The number of β-amino-alcohol motifs (C(OH)–C–C–N with tert-alkyl or cyclic N) is 1. The number of aliphatic hydroxyl groups excluding tert-OH is 1. The number of nitrogens with zero attached hydrogens (tertiary/aromatic N) is 1. The van der Waals surface area contributed by atoms with Gasteiger partial charge in [0.15, 0.2) is 0 Å². The van der Waals surface area contributed by atoms with Gasteiger partial charge in [-0.25, -0.2) is 4.79 Å². The van der Waals surface area contributed by atoms with Crippen molar-refractivity contribution >= 4 is 35.1 Å². The van der Waals surface area contributed by atoms with E-state index in [9.17, 15) is 14.7 Å². The molecule has 2 unspecified atom stereocenters. The first-order valence-electron chi connectivity index (χ1n) is 7.10. The zero-order chi connectivity index (χ0) is 16.1. The predicted octanol–water partition coefficient (Wildman–Crippen LogP) is 2.75.